The minimum atomic E-state index is 0. The number of halogens is 1. The molecular formula is C18H32IN5O2. The summed E-state index contributed by atoms with van der Waals surface area (Å²) in [5.74, 6) is 1.63. The molecule has 0 unspecified atom stereocenters. The maximum absolute atomic E-state index is 5.63. The van der Waals surface area contributed by atoms with Gasteiger partial charge in [0, 0.05) is 52.6 Å². The maximum atomic E-state index is 5.63. The quantitative estimate of drug-likeness (QED) is 0.245. The number of rotatable bonds is 9. The number of hydrogen-bond acceptors (Lipinski definition) is 5. The molecule has 26 heavy (non-hydrogen) atoms. The van der Waals surface area contributed by atoms with E-state index in [2.05, 4.69) is 25.5 Å². The van der Waals surface area contributed by atoms with Gasteiger partial charge in [0.15, 0.2) is 5.96 Å². The van der Waals surface area contributed by atoms with E-state index >= 15 is 0 Å². The highest BCUT2D eigenvalue weighted by atomic mass is 127. The van der Waals surface area contributed by atoms with Crippen molar-refractivity contribution in [2.45, 2.75) is 25.3 Å². The summed E-state index contributed by atoms with van der Waals surface area (Å²) in [6.45, 7) is 5.49. The number of aliphatic imine (C=N–C) groups is 1. The molecule has 0 bridgehead atoms. The van der Waals surface area contributed by atoms with Crippen LogP contribution in [0.3, 0.4) is 0 Å². The Labute approximate surface area is 174 Å². The van der Waals surface area contributed by atoms with Crippen molar-refractivity contribution < 1.29 is 9.47 Å². The molecule has 148 valence electrons. The third-order valence-corrected chi connectivity index (χ3v) is 4.27. The van der Waals surface area contributed by atoms with E-state index in [9.17, 15) is 0 Å². The Hall–Kier alpha value is -1.13. The van der Waals surface area contributed by atoms with Crippen LogP contribution in [0.2, 0.25) is 0 Å². The van der Waals surface area contributed by atoms with Gasteiger partial charge in [0.25, 0.3) is 0 Å². The molecule has 1 aliphatic rings. The zero-order valence-electron chi connectivity index (χ0n) is 15.8. The molecule has 2 N–H and O–H groups in total. The lowest BCUT2D eigenvalue weighted by atomic mass is 10.1. The van der Waals surface area contributed by atoms with Crippen LogP contribution in [0.5, 0.6) is 5.75 Å². The summed E-state index contributed by atoms with van der Waals surface area (Å²) in [4.78, 5) is 10.8. The smallest absolute Gasteiger partial charge is 0.191 e. The van der Waals surface area contributed by atoms with Crippen LogP contribution in [0.4, 0.5) is 0 Å². The van der Waals surface area contributed by atoms with Crippen molar-refractivity contribution >= 4 is 29.9 Å². The van der Waals surface area contributed by atoms with Crippen LogP contribution in [0.25, 0.3) is 0 Å². The van der Waals surface area contributed by atoms with E-state index in [-0.39, 0.29) is 24.0 Å². The number of pyridine rings is 1. The molecule has 0 radical (unpaired) electrons. The van der Waals surface area contributed by atoms with Gasteiger partial charge in [0.1, 0.15) is 12.4 Å². The molecule has 2 heterocycles. The van der Waals surface area contributed by atoms with Crippen LogP contribution in [0.1, 0.15) is 19.3 Å². The highest BCUT2D eigenvalue weighted by molar-refractivity contribution is 14.0. The van der Waals surface area contributed by atoms with Gasteiger partial charge in [0.2, 0.25) is 0 Å². The van der Waals surface area contributed by atoms with E-state index in [4.69, 9.17) is 9.47 Å². The van der Waals surface area contributed by atoms with Gasteiger partial charge in [0.05, 0.1) is 12.7 Å². The Morgan fingerprint density at radius 1 is 1.35 bits per heavy atom. The molecule has 0 spiro atoms. The lowest BCUT2D eigenvalue weighted by molar-refractivity contribution is 0.155. The largest absolute Gasteiger partial charge is 0.490 e. The van der Waals surface area contributed by atoms with Crippen molar-refractivity contribution in [3.63, 3.8) is 0 Å². The van der Waals surface area contributed by atoms with E-state index in [1.165, 1.54) is 0 Å². The second kappa shape index (κ2) is 14.0. The van der Waals surface area contributed by atoms with Crippen LogP contribution in [-0.2, 0) is 4.74 Å². The molecule has 0 amide bonds. The second-order valence-electron chi connectivity index (χ2n) is 6.14. The summed E-state index contributed by atoms with van der Waals surface area (Å²) < 4.78 is 10.7. The molecule has 0 aromatic carbocycles. The topological polar surface area (TPSA) is 71.0 Å². The second-order valence-corrected chi connectivity index (χ2v) is 6.14. The molecule has 1 aliphatic heterocycles. The minimum Gasteiger partial charge on any atom is -0.490 e. The Kier molecular flexibility index (Phi) is 12.3. The normalized spacial score (nSPS) is 16.0. The van der Waals surface area contributed by atoms with Crippen LogP contribution in [0.15, 0.2) is 29.5 Å². The van der Waals surface area contributed by atoms with Gasteiger partial charge in [-0.1, -0.05) is 0 Å². The monoisotopic (exact) mass is 477 g/mol. The lowest BCUT2D eigenvalue weighted by Gasteiger charge is -2.33. The first kappa shape index (κ1) is 22.9. The third-order valence-electron chi connectivity index (χ3n) is 4.27. The fraction of sp³-hybridized carbons (Fsp3) is 0.667. The van der Waals surface area contributed by atoms with Crippen LogP contribution < -0.4 is 15.4 Å². The first-order valence-electron chi connectivity index (χ1n) is 9.03. The number of guanidine groups is 1. The molecule has 1 aromatic heterocycles. The Bertz CT molecular complexity index is 496. The minimum absolute atomic E-state index is 0. The number of ether oxygens (including phenoxy) is 2. The number of nitrogens with zero attached hydrogens (tertiary/aromatic N) is 3. The van der Waals surface area contributed by atoms with E-state index in [1.54, 1.807) is 26.6 Å². The zero-order valence-corrected chi connectivity index (χ0v) is 18.1. The predicted octanol–water partition coefficient (Wildman–Crippen LogP) is 1.74. The molecule has 1 fully saturated rings. The van der Waals surface area contributed by atoms with Gasteiger partial charge in [-0.15, -0.1) is 24.0 Å². The number of aromatic nitrogens is 1. The molecule has 0 saturated carbocycles. The molecular weight excluding hydrogens is 445 g/mol. The Morgan fingerprint density at radius 3 is 2.81 bits per heavy atom. The highest BCUT2D eigenvalue weighted by Crippen LogP contribution is 2.10. The Balaban J connectivity index is 0.00000338. The maximum Gasteiger partial charge on any atom is 0.191 e. The molecule has 2 rings (SSSR count). The summed E-state index contributed by atoms with van der Waals surface area (Å²) in [5.41, 5.74) is 0. The first-order valence-corrected chi connectivity index (χ1v) is 9.03. The number of piperidine rings is 1. The molecule has 0 aliphatic carbocycles. The van der Waals surface area contributed by atoms with Gasteiger partial charge >= 0.3 is 0 Å². The molecule has 0 atom stereocenters. The van der Waals surface area contributed by atoms with Gasteiger partial charge in [-0.25, -0.2) is 0 Å². The number of likely N-dealkylation sites (tertiary alicyclic amines) is 1. The summed E-state index contributed by atoms with van der Waals surface area (Å²) in [6, 6.07) is 4.25. The van der Waals surface area contributed by atoms with Crippen molar-refractivity contribution in [2.24, 2.45) is 4.99 Å². The van der Waals surface area contributed by atoms with E-state index in [0.717, 1.165) is 57.2 Å². The van der Waals surface area contributed by atoms with Crippen LogP contribution >= 0.6 is 24.0 Å². The van der Waals surface area contributed by atoms with Crippen molar-refractivity contribution in [3.05, 3.63) is 24.5 Å². The van der Waals surface area contributed by atoms with Crippen molar-refractivity contribution in [2.75, 3.05) is 53.6 Å². The van der Waals surface area contributed by atoms with E-state index in [0.29, 0.717) is 19.2 Å². The van der Waals surface area contributed by atoms with Gasteiger partial charge in [-0.05, 0) is 31.4 Å². The average molecular weight is 477 g/mol. The van der Waals surface area contributed by atoms with Crippen LogP contribution in [0, 0.1) is 0 Å². The summed E-state index contributed by atoms with van der Waals surface area (Å²) in [7, 11) is 3.56. The molecule has 1 aromatic rings. The average Bonchev–Trinajstić information content (AvgIpc) is 2.66. The Morgan fingerprint density at radius 2 is 2.15 bits per heavy atom. The SMILES string of the molecule is CN=C(NCCOc1cccnc1)NC1CCN(CCCOC)CC1.I. The molecule has 1 saturated heterocycles. The number of hydrogen-bond donors (Lipinski definition) is 2. The summed E-state index contributed by atoms with van der Waals surface area (Å²) in [6.07, 6.45) is 6.84. The predicted molar refractivity (Wildman–Crippen MR) is 116 cm³/mol. The van der Waals surface area contributed by atoms with E-state index < -0.39 is 0 Å². The molecule has 8 heteroatoms. The standard InChI is InChI=1S/C18H31N5O2.HI/c1-19-18(21-9-14-25-17-5-3-8-20-15-17)22-16-6-11-23(12-7-16)10-4-13-24-2;/h3,5,8,15-16H,4,6-7,9-14H2,1-2H3,(H2,19,21,22);1H. The highest BCUT2D eigenvalue weighted by Gasteiger charge is 2.19. The third kappa shape index (κ3) is 9.00. The number of nitrogens with one attached hydrogen (secondary N) is 2. The zero-order chi connectivity index (χ0) is 17.7. The van der Waals surface area contributed by atoms with Gasteiger partial charge in [-0.2, -0.15) is 0 Å². The summed E-state index contributed by atoms with van der Waals surface area (Å²) in [5, 5.41) is 6.82. The van der Waals surface area contributed by atoms with E-state index in [1.807, 2.05) is 12.1 Å². The summed E-state index contributed by atoms with van der Waals surface area (Å²) >= 11 is 0. The van der Waals surface area contributed by atoms with Crippen molar-refractivity contribution in [1.82, 2.24) is 20.5 Å². The lowest BCUT2D eigenvalue weighted by Crippen LogP contribution is -2.49. The fourth-order valence-corrected chi connectivity index (χ4v) is 2.89. The van der Waals surface area contributed by atoms with Crippen LogP contribution in [-0.4, -0.2) is 75.4 Å². The van der Waals surface area contributed by atoms with Crippen molar-refractivity contribution in [3.8, 4) is 5.75 Å². The van der Waals surface area contributed by atoms with Gasteiger partial charge < -0.3 is 25.0 Å². The first-order chi connectivity index (χ1) is 12.3. The number of methoxy groups -OCH3 is 1. The van der Waals surface area contributed by atoms with Crippen molar-refractivity contribution in [1.29, 1.82) is 0 Å². The van der Waals surface area contributed by atoms with Gasteiger partial charge in [-0.3, -0.25) is 9.98 Å². The molecule has 7 nitrogen and oxygen atoms in total. The fourth-order valence-electron chi connectivity index (χ4n) is 2.89.